The Bertz CT molecular complexity index is 505. The number of carbonyl (C=O) groups excluding carboxylic acids is 1. The van der Waals surface area contributed by atoms with Crippen molar-refractivity contribution in [3.8, 4) is 11.8 Å². The van der Waals surface area contributed by atoms with Crippen molar-refractivity contribution in [2.24, 2.45) is 0 Å². The SMILES string of the molecule is CC#CC(=O)NC[C@@H]1CN(Cc2ccccc2)CCCO1. The fourth-order valence-corrected chi connectivity index (χ4v) is 2.44. The van der Waals surface area contributed by atoms with Crippen molar-refractivity contribution in [2.45, 2.75) is 26.0 Å². The summed E-state index contributed by atoms with van der Waals surface area (Å²) in [6.07, 6.45) is 1.05. The molecule has 4 nitrogen and oxygen atoms in total. The van der Waals surface area contributed by atoms with Crippen LogP contribution in [0.5, 0.6) is 0 Å². The molecular weight excluding hydrogens is 264 g/mol. The second-order valence-corrected chi connectivity index (χ2v) is 5.15. The van der Waals surface area contributed by atoms with Gasteiger partial charge < -0.3 is 10.1 Å². The van der Waals surface area contributed by atoms with E-state index >= 15 is 0 Å². The molecule has 1 N–H and O–H groups in total. The Morgan fingerprint density at radius 3 is 3.00 bits per heavy atom. The number of hydrogen-bond donors (Lipinski definition) is 1. The van der Waals surface area contributed by atoms with Crippen molar-refractivity contribution >= 4 is 5.91 Å². The molecule has 2 rings (SSSR count). The van der Waals surface area contributed by atoms with Crippen molar-refractivity contribution in [1.82, 2.24) is 10.2 Å². The Morgan fingerprint density at radius 1 is 1.43 bits per heavy atom. The van der Waals surface area contributed by atoms with E-state index in [1.165, 1.54) is 5.56 Å². The number of nitrogens with one attached hydrogen (secondary N) is 1. The summed E-state index contributed by atoms with van der Waals surface area (Å²) >= 11 is 0. The van der Waals surface area contributed by atoms with Crippen LogP contribution in [0.15, 0.2) is 30.3 Å². The van der Waals surface area contributed by atoms with Gasteiger partial charge in [-0.1, -0.05) is 36.3 Å². The van der Waals surface area contributed by atoms with Gasteiger partial charge in [0.15, 0.2) is 0 Å². The second kappa shape index (κ2) is 8.46. The molecule has 0 bridgehead atoms. The molecular formula is C17H22N2O2. The van der Waals surface area contributed by atoms with E-state index in [0.29, 0.717) is 6.54 Å². The molecule has 112 valence electrons. The van der Waals surface area contributed by atoms with Crippen LogP contribution in [0.25, 0.3) is 0 Å². The summed E-state index contributed by atoms with van der Waals surface area (Å²) in [5.41, 5.74) is 1.30. The van der Waals surface area contributed by atoms with Gasteiger partial charge in [0.25, 0.3) is 5.91 Å². The highest BCUT2D eigenvalue weighted by atomic mass is 16.5. The zero-order valence-corrected chi connectivity index (χ0v) is 12.5. The minimum atomic E-state index is -0.236. The molecule has 1 atom stereocenters. The standard InChI is InChI=1S/C17H22N2O2/c1-2-7-17(20)18-12-16-14-19(10-6-11-21-16)13-15-8-4-3-5-9-15/h3-5,8-9,16H,6,10-14H2,1H3,(H,18,20)/t16-/m1/s1. The Balaban J connectivity index is 1.85. The van der Waals surface area contributed by atoms with Gasteiger partial charge in [0.1, 0.15) is 0 Å². The fraction of sp³-hybridized carbons (Fsp3) is 0.471. The lowest BCUT2D eigenvalue weighted by Crippen LogP contribution is -2.39. The Labute approximate surface area is 126 Å². The molecule has 21 heavy (non-hydrogen) atoms. The lowest BCUT2D eigenvalue weighted by molar-refractivity contribution is -0.116. The fourth-order valence-electron chi connectivity index (χ4n) is 2.44. The second-order valence-electron chi connectivity index (χ2n) is 5.15. The molecule has 0 radical (unpaired) electrons. The highest BCUT2D eigenvalue weighted by Gasteiger charge is 2.19. The lowest BCUT2D eigenvalue weighted by atomic mass is 10.2. The molecule has 1 saturated heterocycles. The van der Waals surface area contributed by atoms with Gasteiger partial charge >= 0.3 is 0 Å². The van der Waals surface area contributed by atoms with Crippen molar-refractivity contribution < 1.29 is 9.53 Å². The van der Waals surface area contributed by atoms with E-state index in [9.17, 15) is 4.79 Å². The van der Waals surface area contributed by atoms with E-state index in [0.717, 1.165) is 32.7 Å². The molecule has 1 aliphatic heterocycles. The van der Waals surface area contributed by atoms with E-state index in [4.69, 9.17) is 4.74 Å². The number of rotatable bonds is 4. The summed E-state index contributed by atoms with van der Waals surface area (Å²) in [5, 5.41) is 2.80. The van der Waals surface area contributed by atoms with Gasteiger partial charge in [-0.25, -0.2) is 0 Å². The molecule has 4 heteroatoms. The topological polar surface area (TPSA) is 41.6 Å². The third-order valence-electron chi connectivity index (χ3n) is 3.41. The summed E-state index contributed by atoms with van der Waals surface area (Å²) in [6, 6.07) is 10.4. The van der Waals surface area contributed by atoms with Gasteiger partial charge in [-0.15, -0.1) is 0 Å². The van der Waals surface area contributed by atoms with Crippen molar-refractivity contribution in [2.75, 3.05) is 26.2 Å². The van der Waals surface area contributed by atoms with Crippen LogP contribution in [-0.2, 0) is 16.1 Å². The molecule has 0 aliphatic carbocycles. The summed E-state index contributed by atoms with van der Waals surface area (Å²) < 4.78 is 5.79. The highest BCUT2D eigenvalue weighted by Crippen LogP contribution is 2.10. The zero-order valence-electron chi connectivity index (χ0n) is 12.5. The summed E-state index contributed by atoms with van der Waals surface area (Å²) in [5.74, 6) is 4.84. The van der Waals surface area contributed by atoms with Gasteiger partial charge in [0, 0.05) is 32.8 Å². The molecule has 1 aromatic carbocycles. The normalized spacial score (nSPS) is 19.2. The number of ether oxygens (including phenoxy) is 1. The molecule has 0 unspecified atom stereocenters. The maximum absolute atomic E-state index is 11.4. The molecule has 1 aromatic rings. The number of hydrogen-bond acceptors (Lipinski definition) is 3. The Kier molecular flexibility index (Phi) is 6.26. The molecule has 1 heterocycles. The molecule has 0 saturated carbocycles. The average molecular weight is 286 g/mol. The maximum Gasteiger partial charge on any atom is 0.295 e. The smallest absolute Gasteiger partial charge is 0.295 e. The predicted molar refractivity (Wildman–Crippen MR) is 82.5 cm³/mol. The molecule has 0 spiro atoms. The number of amides is 1. The molecule has 1 amide bonds. The van der Waals surface area contributed by atoms with E-state index in [-0.39, 0.29) is 12.0 Å². The minimum Gasteiger partial charge on any atom is -0.375 e. The lowest BCUT2D eigenvalue weighted by Gasteiger charge is -2.23. The van der Waals surface area contributed by atoms with E-state index in [1.54, 1.807) is 6.92 Å². The predicted octanol–water partition coefficient (Wildman–Crippen LogP) is 1.42. The van der Waals surface area contributed by atoms with Crippen LogP contribution in [0.4, 0.5) is 0 Å². The first-order chi connectivity index (χ1) is 10.3. The van der Waals surface area contributed by atoms with Crippen molar-refractivity contribution in [3.63, 3.8) is 0 Å². The zero-order chi connectivity index (χ0) is 14.9. The first kappa shape index (κ1) is 15.6. The first-order valence-corrected chi connectivity index (χ1v) is 7.36. The monoisotopic (exact) mass is 286 g/mol. The van der Waals surface area contributed by atoms with Gasteiger partial charge in [-0.2, -0.15) is 0 Å². The molecule has 1 aliphatic rings. The van der Waals surface area contributed by atoms with E-state index in [1.807, 2.05) is 6.07 Å². The summed E-state index contributed by atoms with van der Waals surface area (Å²) in [6.45, 7) is 5.68. The third-order valence-corrected chi connectivity index (χ3v) is 3.41. The van der Waals surface area contributed by atoms with Gasteiger partial charge in [0.05, 0.1) is 6.10 Å². The minimum absolute atomic E-state index is 0.0267. The van der Waals surface area contributed by atoms with Gasteiger partial charge in [0.2, 0.25) is 0 Å². The van der Waals surface area contributed by atoms with Crippen molar-refractivity contribution in [1.29, 1.82) is 0 Å². The quantitative estimate of drug-likeness (QED) is 0.851. The van der Waals surface area contributed by atoms with Crippen LogP contribution in [0, 0.1) is 11.8 Å². The van der Waals surface area contributed by atoms with Gasteiger partial charge in [-0.05, 0) is 24.8 Å². The highest BCUT2D eigenvalue weighted by molar-refractivity contribution is 5.93. The number of benzene rings is 1. The van der Waals surface area contributed by atoms with Crippen LogP contribution in [0.2, 0.25) is 0 Å². The van der Waals surface area contributed by atoms with Crippen LogP contribution < -0.4 is 5.32 Å². The Hall–Kier alpha value is -1.83. The van der Waals surface area contributed by atoms with Gasteiger partial charge in [-0.3, -0.25) is 9.69 Å². The third kappa shape index (κ3) is 5.58. The Morgan fingerprint density at radius 2 is 2.24 bits per heavy atom. The average Bonchev–Trinajstić information content (AvgIpc) is 2.72. The molecule has 0 aromatic heterocycles. The van der Waals surface area contributed by atoms with Crippen LogP contribution in [0.1, 0.15) is 18.9 Å². The number of nitrogens with zero attached hydrogens (tertiary/aromatic N) is 1. The summed E-state index contributed by atoms with van der Waals surface area (Å²) in [7, 11) is 0. The van der Waals surface area contributed by atoms with E-state index < -0.39 is 0 Å². The van der Waals surface area contributed by atoms with Crippen LogP contribution >= 0.6 is 0 Å². The van der Waals surface area contributed by atoms with Crippen LogP contribution in [-0.4, -0.2) is 43.2 Å². The summed E-state index contributed by atoms with van der Waals surface area (Å²) in [4.78, 5) is 13.8. The number of carbonyl (C=O) groups is 1. The van der Waals surface area contributed by atoms with Crippen molar-refractivity contribution in [3.05, 3.63) is 35.9 Å². The largest absolute Gasteiger partial charge is 0.375 e. The first-order valence-electron chi connectivity index (χ1n) is 7.36. The maximum atomic E-state index is 11.4. The molecule has 1 fully saturated rings. The van der Waals surface area contributed by atoms with E-state index in [2.05, 4.69) is 46.3 Å². The van der Waals surface area contributed by atoms with Crippen LogP contribution in [0.3, 0.4) is 0 Å².